The van der Waals surface area contributed by atoms with E-state index in [2.05, 4.69) is 45.9 Å². The summed E-state index contributed by atoms with van der Waals surface area (Å²) in [5.41, 5.74) is 3.66. The second-order valence-corrected chi connectivity index (χ2v) is 13.3. The molecule has 0 aliphatic heterocycles. The maximum atomic E-state index is 11.1. The van der Waals surface area contributed by atoms with Crippen LogP contribution in [0.1, 0.15) is 108 Å². The molecular weight excluding hydrogens is 414 g/mol. The number of aliphatic hydroxyl groups is 1. The fourth-order valence-corrected chi connectivity index (χ4v) is 10.1. The zero-order valence-electron chi connectivity index (χ0n) is 22.2. The largest absolute Gasteiger partial charge is 0.390 e. The van der Waals surface area contributed by atoms with Crippen LogP contribution in [0, 0.1) is 65.1 Å². The maximum Gasteiger partial charge on any atom is 0.0991 e. The van der Waals surface area contributed by atoms with Crippen molar-refractivity contribution in [1.29, 1.82) is 5.26 Å². The van der Waals surface area contributed by atoms with Gasteiger partial charge in [0, 0.05) is 0 Å². The van der Waals surface area contributed by atoms with Crippen molar-refractivity contribution in [3.63, 3.8) is 0 Å². The van der Waals surface area contributed by atoms with Crippen LogP contribution in [0.4, 0.5) is 0 Å². The van der Waals surface area contributed by atoms with Gasteiger partial charge in [0.15, 0.2) is 0 Å². The van der Waals surface area contributed by atoms with Crippen LogP contribution in [0.25, 0.3) is 0 Å². The standard InChI is InChI=1S/C32H47NO/c1-5-14-32(34)16-13-26-25(19-32)8-9-28-27(26)12-15-31(4)29(10-11-30(28)31)22(3)18-24-7-6-23(20-33)17-21(24)2/h6-7,17,22,25-30,34H,5,8-16,18-19H2,1-4H3/t22-,25+,26-,27+,28+,29+,30-,31+,32+/m0/s1. The molecular formula is C32H47NO. The second kappa shape index (κ2) is 9.28. The number of hydrogen-bond acceptors (Lipinski definition) is 2. The lowest BCUT2D eigenvalue weighted by Gasteiger charge is -2.57. The molecule has 4 aliphatic carbocycles. The molecule has 0 unspecified atom stereocenters. The van der Waals surface area contributed by atoms with Crippen molar-refractivity contribution < 1.29 is 5.11 Å². The van der Waals surface area contributed by atoms with Crippen LogP contribution in [0.5, 0.6) is 0 Å². The third-order valence-electron chi connectivity index (χ3n) is 11.6. The van der Waals surface area contributed by atoms with E-state index in [-0.39, 0.29) is 5.60 Å². The Morgan fingerprint density at radius 1 is 1.06 bits per heavy atom. The first kappa shape index (κ1) is 24.4. The number of nitrogens with zero attached hydrogens (tertiary/aromatic N) is 1. The Hall–Kier alpha value is -1.33. The molecule has 4 fully saturated rings. The van der Waals surface area contributed by atoms with Gasteiger partial charge in [-0.05, 0) is 148 Å². The summed E-state index contributed by atoms with van der Waals surface area (Å²) >= 11 is 0. The van der Waals surface area contributed by atoms with E-state index in [1.807, 2.05) is 6.07 Å². The summed E-state index contributed by atoms with van der Waals surface area (Å²) in [5.74, 6) is 5.98. The summed E-state index contributed by atoms with van der Waals surface area (Å²) in [4.78, 5) is 0. The Kier molecular flexibility index (Phi) is 6.65. The van der Waals surface area contributed by atoms with Crippen molar-refractivity contribution in [3.8, 4) is 6.07 Å². The maximum absolute atomic E-state index is 11.1. The molecule has 34 heavy (non-hydrogen) atoms. The zero-order chi connectivity index (χ0) is 24.1. The number of hydrogen-bond donors (Lipinski definition) is 1. The molecule has 4 aliphatic rings. The summed E-state index contributed by atoms with van der Waals surface area (Å²) in [5, 5.41) is 20.4. The van der Waals surface area contributed by atoms with Gasteiger partial charge in [0.1, 0.15) is 0 Å². The minimum Gasteiger partial charge on any atom is -0.390 e. The van der Waals surface area contributed by atoms with E-state index in [9.17, 15) is 10.4 Å². The smallest absolute Gasteiger partial charge is 0.0991 e. The fraction of sp³-hybridized carbons (Fsp3) is 0.781. The summed E-state index contributed by atoms with van der Waals surface area (Å²) in [6, 6.07) is 8.57. The lowest BCUT2D eigenvalue weighted by Crippen LogP contribution is -2.51. The topological polar surface area (TPSA) is 44.0 Å². The zero-order valence-corrected chi connectivity index (χ0v) is 22.2. The fourth-order valence-electron chi connectivity index (χ4n) is 10.1. The lowest BCUT2D eigenvalue weighted by molar-refractivity contribution is -0.110. The highest BCUT2D eigenvalue weighted by Gasteiger charge is 2.58. The van der Waals surface area contributed by atoms with E-state index in [0.717, 1.165) is 73.2 Å². The van der Waals surface area contributed by atoms with Crippen LogP contribution in [0.3, 0.4) is 0 Å². The molecule has 1 aromatic rings. The van der Waals surface area contributed by atoms with Crippen molar-refractivity contribution >= 4 is 0 Å². The number of rotatable bonds is 5. The third-order valence-corrected chi connectivity index (χ3v) is 11.6. The van der Waals surface area contributed by atoms with Gasteiger partial charge in [-0.25, -0.2) is 0 Å². The molecule has 0 spiro atoms. The quantitative estimate of drug-likeness (QED) is 0.485. The lowest BCUT2D eigenvalue weighted by atomic mass is 9.48. The number of aryl methyl sites for hydroxylation is 1. The van der Waals surface area contributed by atoms with Crippen LogP contribution in [0.15, 0.2) is 18.2 Å². The number of benzene rings is 1. The van der Waals surface area contributed by atoms with E-state index in [1.54, 1.807) is 0 Å². The Morgan fingerprint density at radius 2 is 1.85 bits per heavy atom. The van der Waals surface area contributed by atoms with Crippen molar-refractivity contribution in [3.05, 3.63) is 34.9 Å². The average molecular weight is 462 g/mol. The highest BCUT2D eigenvalue weighted by atomic mass is 16.3. The molecule has 186 valence electrons. The Morgan fingerprint density at radius 3 is 2.59 bits per heavy atom. The summed E-state index contributed by atoms with van der Waals surface area (Å²) in [6.45, 7) is 9.58. The van der Waals surface area contributed by atoms with Gasteiger partial charge >= 0.3 is 0 Å². The van der Waals surface area contributed by atoms with E-state index in [1.165, 1.54) is 56.1 Å². The van der Waals surface area contributed by atoms with Crippen molar-refractivity contribution in [1.82, 2.24) is 0 Å². The van der Waals surface area contributed by atoms with Crippen LogP contribution in [0.2, 0.25) is 0 Å². The molecule has 1 N–H and O–H groups in total. The van der Waals surface area contributed by atoms with Gasteiger partial charge < -0.3 is 5.11 Å². The van der Waals surface area contributed by atoms with Gasteiger partial charge in [-0.1, -0.05) is 33.3 Å². The number of fused-ring (bicyclic) bond motifs is 5. The predicted molar refractivity (Wildman–Crippen MR) is 139 cm³/mol. The molecule has 0 bridgehead atoms. The highest BCUT2D eigenvalue weighted by Crippen LogP contribution is 2.66. The van der Waals surface area contributed by atoms with Gasteiger partial charge in [-0.3, -0.25) is 0 Å². The third kappa shape index (κ3) is 4.15. The van der Waals surface area contributed by atoms with E-state index in [4.69, 9.17) is 0 Å². The van der Waals surface area contributed by atoms with Crippen molar-refractivity contribution in [2.45, 2.75) is 110 Å². The second-order valence-electron chi connectivity index (χ2n) is 13.3. The van der Waals surface area contributed by atoms with Crippen molar-refractivity contribution in [2.75, 3.05) is 0 Å². The Balaban J connectivity index is 1.28. The van der Waals surface area contributed by atoms with Crippen molar-refractivity contribution in [2.24, 2.45) is 46.8 Å². The van der Waals surface area contributed by atoms with Crippen LogP contribution >= 0.6 is 0 Å². The molecule has 2 nitrogen and oxygen atoms in total. The minimum atomic E-state index is -0.358. The van der Waals surface area contributed by atoms with Gasteiger partial charge in [-0.2, -0.15) is 5.26 Å². The van der Waals surface area contributed by atoms with E-state index < -0.39 is 0 Å². The monoisotopic (exact) mass is 461 g/mol. The molecule has 0 heterocycles. The molecule has 0 saturated heterocycles. The molecule has 5 rings (SSSR count). The van der Waals surface area contributed by atoms with Crippen LogP contribution in [-0.2, 0) is 6.42 Å². The Labute approximate surface area is 208 Å². The number of nitriles is 1. The molecule has 0 aromatic heterocycles. The van der Waals surface area contributed by atoms with E-state index >= 15 is 0 Å². The first-order chi connectivity index (χ1) is 16.3. The van der Waals surface area contributed by atoms with Crippen LogP contribution in [-0.4, -0.2) is 10.7 Å². The molecule has 0 radical (unpaired) electrons. The summed E-state index contributed by atoms with van der Waals surface area (Å²) in [6.07, 6.45) is 15.2. The molecule has 2 heteroatoms. The molecule has 1 aromatic carbocycles. The summed E-state index contributed by atoms with van der Waals surface area (Å²) in [7, 11) is 0. The first-order valence-electron chi connectivity index (χ1n) is 14.5. The SMILES string of the molecule is CCC[C@@]1(O)CC[C@H]2[C@H](CC[C@@H]3[C@@H]2CC[C@]2(C)[C@@H]([C@@H](C)Cc4ccc(C#N)cc4C)CC[C@@H]32)C1. The average Bonchev–Trinajstić information content (AvgIpc) is 3.17. The normalized spacial score (nSPS) is 42.2. The minimum absolute atomic E-state index is 0.358. The van der Waals surface area contributed by atoms with Gasteiger partial charge in [0.2, 0.25) is 0 Å². The summed E-state index contributed by atoms with van der Waals surface area (Å²) < 4.78 is 0. The molecule has 9 atom stereocenters. The van der Waals surface area contributed by atoms with Crippen LogP contribution < -0.4 is 0 Å². The highest BCUT2D eigenvalue weighted by molar-refractivity contribution is 5.37. The van der Waals surface area contributed by atoms with E-state index in [0.29, 0.717) is 11.3 Å². The molecule has 0 amide bonds. The van der Waals surface area contributed by atoms with Gasteiger partial charge in [-0.15, -0.1) is 0 Å². The Bertz CT molecular complexity index is 931. The van der Waals surface area contributed by atoms with Gasteiger partial charge in [0.25, 0.3) is 0 Å². The first-order valence-corrected chi connectivity index (χ1v) is 14.5. The predicted octanol–water partition coefficient (Wildman–Crippen LogP) is 7.85. The van der Waals surface area contributed by atoms with Gasteiger partial charge in [0.05, 0.1) is 17.2 Å². The molecule has 4 saturated carbocycles.